The fraction of sp³-hybridized carbons (Fsp3) is 0.278. The minimum atomic E-state index is 0.0398. The van der Waals surface area contributed by atoms with Crippen molar-refractivity contribution >= 4 is 6.41 Å². The molecule has 0 saturated carbocycles. The van der Waals surface area contributed by atoms with Gasteiger partial charge in [-0.1, -0.05) is 36.4 Å². The highest BCUT2D eigenvalue weighted by Gasteiger charge is 2.12. The molecule has 0 aliphatic heterocycles. The maximum Gasteiger partial charge on any atom is 0.207 e. The van der Waals surface area contributed by atoms with Crippen molar-refractivity contribution in [3.8, 4) is 11.5 Å². The van der Waals surface area contributed by atoms with E-state index in [4.69, 9.17) is 9.47 Å². The number of ether oxygens (including phenoxy) is 2. The molecule has 0 aliphatic carbocycles. The summed E-state index contributed by atoms with van der Waals surface area (Å²) in [4.78, 5) is 10.9. The third kappa shape index (κ3) is 4.25. The number of methoxy groups -OCH3 is 2. The van der Waals surface area contributed by atoms with E-state index in [1.165, 1.54) is 5.56 Å². The standard InChI is InChI=1S/C18H21NO3/c1-21-17-9-8-15(12-18(17)22-2)11-16(19-13-20)10-14-6-4-3-5-7-14/h3-9,12-13,16H,10-11H2,1-2H3,(H,19,20). The van der Waals surface area contributed by atoms with Crippen molar-refractivity contribution in [3.05, 3.63) is 59.7 Å². The van der Waals surface area contributed by atoms with Crippen molar-refractivity contribution in [2.45, 2.75) is 18.9 Å². The molecule has 1 amide bonds. The van der Waals surface area contributed by atoms with Crippen LogP contribution in [0.1, 0.15) is 11.1 Å². The van der Waals surface area contributed by atoms with Gasteiger partial charge < -0.3 is 14.8 Å². The molecule has 116 valence electrons. The van der Waals surface area contributed by atoms with Gasteiger partial charge in [0.2, 0.25) is 6.41 Å². The molecule has 1 atom stereocenters. The normalized spacial score (nSPS) is 11.5. The molecule has 2 aromatic rings. The highest BCUT2D eigenvalue weighted by molar-refractivity contribution is 5.48. The Bertz CT molecular complexity index is 599. The largest absolute Gasteiger partial charge is 0.493 e. The Morgan fingerprint density at radius 2 is 1.64 bits per heavy atom. The van der Waals surface area contributed by atoms with Gasteiger partial charge in [-0.05, 0) is 36.1 Å². The molecule has 0 fully saturated rings. The van der Waals surface area contributed by atoms with E-state index < -0.39 is 0 Å². The summed E-state index contributed by atoms with van der Waals surface area (Å²) in [6, 6.07) is 16.0. The molecule has 0 radical (unpaired) electrons. The van der Waals surface area contributed by atoms with Crippen molar-refractivity contribution in [2.24, 2.45) is 0 Å². The Morgan fingerprint density at radius 3 is 2.27 bits per heavy atom. The van der Waals surface area contributed by atoms with Crippen LogP contribution in [-0.2, 0) is 17.6 Å². The van der Waals surface area contributed by atoms with Gasteiger partial charge in [-0.25, -0.2) is 0 Å². The Balaban J connectivity index is 2.12. The van der Waals surface area contributed by atoms with Crippen molar-refractivity contribution in [1.29, 1.82) is 0 Å². The molecule has 0 aliphatic rings. The lowest BCUT2D eigenvalue weighted by atomic mass is 9.99. The van der Waals surface area contributed by atoms with Crippen LogP contribution >= 0.6 is 0 Å². The molecule has 4 nitrogen and oxygen atoms in total. The van der Waals surface area contributed by atoms with Crippen molar-refractivity contribution < 1.29 is 14.3 Å². The van der Waals surface area contributed by atoms with E-state index in [0.717, 1.165) is 24.8 Å². The van der Waals surface area contributed by atoms with Crippen LogP contribution in [0.15, 0.2) is 48.5 Å². The molecular weight excluding hydrogens is 278 g/mol. The number of benzene rings is 2. The number of rotatable bonds is 8. The minimum absolute atomic E-state index is 0.0398. The van der Waals surface area contributed by atoms with Crippen molar-refractivity contribution in [2.75, 3.05) is 14.2 Å². The Kier molecular flexibility index (Phi) is 5.83. The first-order valence-corrected chi connectivity index (χ1v) is 7.21. The number of hydrogen-bond donors (Lipinski definition) is 1. The van der Waals surface area contributed by atoms with Gasteiger partial charge in [-0.3, -0.25) is 4.79 Å². The van der Waals surface area contributed by atoms with Crippen molar-refractivity contribution in [3.63, 3.8) is 0 Å². The van der Waals surface area contributed by atoms with Crippen LogP contribution in [0.25, 0.3) is 0 Å². The smallest absolute Gasteiger partial charge is 0.207 e. The molecule has 0 aromatic heterocycles. The van der Waals surface area contributed by atoms with Crippen LogP contribution in [0.3, 0.4) is 0 Å². The van der Waals surface area contributed by atoms with Crippen LogP contribution in [0.4, 0.5) is 0 Å². The third-order valence-electron chi connectivity index (χ3n) is 3.56. The van der Waals surface area contributed by atoms with Crippen LogP contribution in [0.5, 0.6) is 11.5 Å². The zero-order valence-corrected chi connectivity index (χ0v) is 12.9. The van der Waals surface area contributed by atoms with E-state index in [-0.39, 0.29) is 6.04 Å². The first-order valence-electron chi connectivity index (χ1n) is 7.21. The summed E-state index contributed by atoms with van der Waals surface area (Å²) in [6.07, 6.45) is 2.27. The Labute approximate surface area is 131 Å². The first kappa shape index (κ1) is 15.9. The Hall–Kier alpha value is -2.49. The maximum atomic E-state index is 10.9. The van der Waals surface area contributed by atoms with E-state index in [9.17, 15) is 4.79 Å². The summed E-state index contributed by atoms with van der Waals surface area (Å²) in [5.74, 6) is 1.40. The van der Waals surface area contributed by atoms with Gasteiger partial charge in [-0.2, -0.15) is 0 Å². The van der Waals surface area contributed by atoms with E-state index in [1.54, 1.807) is 14.2 Å². The summed E-state index contributed by atoms with van der Waals surface area (Å²) >= 11 is 0. The first-order chi connectivity index (χ1) is 10.8. The van der Waals surface area contributed by atoms with Crippen LogP contribution < -0.4 is 14.8 Å². The molecule has 1 unspecified atom stereocenters. The predicted octanol–water partition coefficient (Wildman–Crippen LogP) is 2.60. The average molecular weight is 299 g/mol. The Morgan fingerprint density at radius 1 is 0.955 bits per heavy atom. The van der Waals surface area contributed by atoms with E-state index >= 15 is 0 Å². The molecule has 2 rings (SSSR count). The summed E-state index contributed by atoms with van der Waals surface area (Å²) < 4.78 is 10.6. The molecule has 0 spiro atoms. The van der Waals surface area contributed by atoms with Crippen molar-refractivity contribution in [1.82, 2.24) is 5.32 Å². The molecule has 0 bridgehead atoms. The van der Waals surface area contributed by atoms with E-state index in [0.29, 0.717) is 11.5 Å². The number of hydrogen-bond acceptors (Lipinski definition) is 3. The van der Waals surface area contributed by atoms with E-state index in [1.807, 2.05) is 36.4 Å². The average Bonchev–Trinajstić information content (AvgIpc) is 2.56. The third-order valence-corrected chi connectivity index (χ3v) is 3.56. The second-order valence-corrected chi connectivity index (χ2v) is 5.06. The summed E-state index contributed by atoms with van der Waals surface area (Å²) in [5.41, 5.74) is 2.29. The molecule has 22 heavy (non-hydrogen) atoms. The highest BCUT2D eigenvalue weighted by atomic mass is 16.5. The number of nitrogens with one attached hydrogen (secondary N) is 1. The zero-order chi connectivity index (χ0) is 15.8. The number of amides is 1. The number of carbonyl (C=O) groups excluding carboxylic acids is 1. The van der Waals surface area contributed by atoms with Gasteiger partial charge in [0.05, 0.1) is 14.2 Å². The monoisotopic (exact) mass is 299 g/mol. The molecule has 4 heteroatoms. The number of carbonyl (C=O) groups is 1. The van der Waals surface area contributed by atoms with Gasteiger partial charge in [0.25, 0.3) is 0 Å². The highest BCUT2D eigenvalue weighted by Crippen LogP contribution is 2.28. The molecule has 0 heterocycles. The minimum Gasteiger partial charge on any atom is -0.493 e. The topological polar surface area (TPSA) is 47.6 Å². The SMILES string of the molecule is COc1ccc(CC(Cc2ccccc2)NC=O)cc1OC. The lowest BCUT2D eigenvalue weighted by molar-refractivity contribution is -0.110. The lowest BCUT2D eigenvalue weighted by Gasteiger charge is -2.17. The van der Waals surface area contributed by atoms with Gasteiger partial charge in [0.1, 0.15) is 0 Å². The molecule has 2 aromatic carbocycles. The van der Waals surface area contributed by atoms with E-state index in [2.05, 4.69) is 17.4 Å². The second kappa shape index (κ2) is 8.08. The van der Waals surface area contributed by atoms with Gasteiger partial charge >= 0.3 is 0 Å². The van der Waals surface area contributed by atoms with Crippen LogP contribution in [-0.4, -0.2) is 26.7 Å². The predicted molar refractivity (Wildman–Crippen MR) is 86.4 cm³/mol. The van der Waals surface area contributed by atoms with Crippen LogP contribution in [0, 0.1) is 0 Å². The van der Waals surface area contributed by atoms with Gasteiger partial charge in [-0.15, -0.1) is 0 Å². The quantitative estimate of drug-likeness (QED) is 0.762. The summed E-state index contributed by atoms with van der Waals surface area (Å²) in [7, 11) is 3.23. The molecule has 1 N–H and O–H groups in total. The zero-order valence-electron chi connectivity index (χ0n) is 12.9. The molecular formula is C18H21NO3. The fourth-order valence-corrected chi connectivity index (χ4v) is 2.48. The van der Waals surface area contributed by atoms with Gasteiger partial charge in [0, 0.05) is 6.04 Å². The molecule has 0 saturated heterocycles. The maximum absolute atomic E-state index is 10.9. The summed E-state index contributed by atoms with van der Waals surface area (Å²) in [5, 5.41) is 2.89. The summed E-state index contributed by atoms with van der Waals surface area (Å²) in [6.45, 7) is 0. The lowest BCUT2D eigenvalue weighted by Crippen LogP contribution is -2.32. The van der Waals surface area contributed by atoms with Gasteiger partial charge in [0.15, 0.2) is 11.5 Å². The second-order valence-electron chi connectivity index (χ2n) is 5.06. The fourth-order valence-electron chi connectivity index (χ4n) is 2.48. The van der Waals surface area contributed by atoms with Crippen LogP contribution in [0.2, 0.25) is 0 Å².